The van der Waals surface area contributed by atoms with E-state index in [1.54, 1.807) is 19.1 Å². The molecule has 1 aromatic carbocycles. The number of carbonyl (C=O) groups excluding carboxylic acids is 1. The summed E-state index contributed by atoms with van der Waals surface area (Å²) in [6, 6.07) is 11.4. The lowest BCUT2D eigenvalue weighted by Crippen LogP contribution is -2.48. The number of nitrogens with one attached hydrogen (secondary N) is 1. The maximum Gasteiger partial charge on any atom is 0.271 e. The third-order valence-corrected chi connectivity index (χ3v) is 6.38. The lowest BCUT2D eigenvalue weighted by Gasteiger charge is -2.22. The zero-order valence-corrected chi connectivity index (χ0v) is 16.7. The zero-order valence-electron chi connectivity index (χ0n) is 15.1. The third kappa shape index (κ3) is 3.53. The molecular weight excluding hydrogens is 396 g/mol. The molecule has 1 aliphatic rings. The Hall–Kier alpha value is -2.69. The molecule has 1 atom stereocenters. The van der Waals surface area contributed by atoms with Crippen LogP contribution in [-0.2, 0) is 11.3 Å². The summed E-state index contributed by atoms with van der Waals surface area (Å²) in [4.78, 5) is 30.5. The molecule has 3 aromatic rings. The van der Waals surface area contributed by atoms with E-state index < -0.39 is 5.54 Å². The molecule has 1 amide bonds. The molecule has 0 radical (unpaired) electrons. The van der Waals surface area contributed by atoms with Gasteiger partial charge >= 0.3 is 0 Å². The summed E-state index contributed by atoms with van der Waals surface area (Å²) < 4.78 is 1.77. The van der Waals surface area contributed by atoms with E-state index in [9.17, 15) is 14.9 Å². The van der Waals surface area contributed by atoms with Crippen molar-refractivity contribution in [2.45, 2.75) is 31.8 Å². The molecule has 8 heteroatoms. The maximum atomic E-state index is 12.8. The second-order valence-electron chi connectivity index (χ2n) is 7.15. The second kappa shape index (κ2) is 7.04. The van der Waals surface area contributed by atoms with Crippen LogP contribution in [0.5, 0.6) is 0 Å². The zero-order chi connectivity index (χ0) is 19.9. The van der Waals surface area contributed by atoms with Gasteiger partial charge < -0.3 is 5.32 Å². The van der Waals surface area contributed by atoms with Crippen molar-refractivity contribution in [3.8, 4) is 16.5 Å². The molecule has 0 aliphatic heterocycles. The topological polar surface area (TPSA) is 87.8 Å². The van der Waals surface area contributed by atoms with Crippen molar-refractivity contribution < 1.29 is 4.79 Å². The Morgan fingerprint density at radius 2 is 2.14 bits per heavy atom. The van der Waals surface area contributed by atoms with Gasteiger partial charge in [0.05, 0.1) is 17.9 Å². The molecule has 2 aromatic heterocycles. The molecule has 4 rings (SSSR count). The minimum absolute atomic E-state index is 0.167. The first-order valence-electron chi connectivity index (χ1n) is 8.87. The summed E-state index contributed by atoms with van der Waals surface area (Å²) >= 11 is 7.27. The monoisotopic (exact) mass is 412 g/mol. The van der Waals surface area contributed by atoms with Gasteiger partial charge in [0.1, 0.15) is 16.8 Å². The van der Waals surface area contributed by atoms with Gasteiger partial charge in [-0.25, -0.2) is 4.98 Å². The molecule has 0 saturated heterocycles. The summed E-state index contributed by atoms with van der Waals surface area (Å²) in [5.74, 6) is -0.188. The van der Waals surface area contributed by atoms with Gasteiger partial charge in [-0.3, -0.25) is 14.2 Å². The first-order chi connectivity index (χ1) is 13.4. The van der Waals surface area contributed by atoms with Crippen LogP contribution in [-0.4, -0.2) is 21.0 Å². The van der Waals surface area contributed by atoms with Gasteiger partial charge in [0, 0.05) is 9.90 Å². The van der Waals surface area contributed by atoms with Crippen LogP contribution in [0.1, 0.15) is 19.8 Å². The van der Waals surface area contributed by atoms with Crippen LogP contribution in [0.4, 0.5) is 0 Å². The first kappa shape index (κ1) is 18.7. The van der Waals surface area contributed by atoms with Crippen molar-refractivity contribution in [3.05, 3.63) is 52.0 Å². The number of nitrogens with zero attached hydrogens (tertiary/aromatic N) is 3. The highest BCUT2D eigenvalue weighted by molar-refractivity contribution is 7.22. The fourth-order valence-electron chi connectivity index (χ4n) is 3.18. The molecule has 0 unspecified atom stereocenters. The van der Waals surface area contributed by atoms with Crippen molar-refractivity contribution >= 4 is 39.1 Å². The van der Waals surface area contributed by atoms with Gasteiger partial charge in [-0.05, 0) is 49.4 Å². The number of nitriles is 1. The summed E-state index contributed by atoms with van der Waals surface area (Å²) in [7, 11) is 0. The number of hydrogen-bond donors (Lipinski definition) is 1. The fourth-order valence-corrected chi connectivity index (χ4v) is 4.37. The van der Waals surface area contributed by atoms with E-state index >= 15 is 0 Å². The minimum atomic E-state index is -0.886. The van der Waals surface area contributed by atoms with Crippen LogP contribution in [0.2, 0.25) is 5.02 Å². The number of carbonyl (C=O) groups is 1. The standard InChI is InChI=1S/C20H17ClN4O2S/c1-20(10-22,13-4-5-13)24-17(26)9-25-11-23-15-8-16(28-18(15)19(25)27)12-2-6-14(21)7-3-12/h2-3,6-8,11,13H,4-5,9H2,1H3,(H,24,26)/t20-/m1/s1. The number of thiophene rings is 1. The van der Waals surface area contributed by atoms with Crippen molar-refractivity contribution in [2.75, 3.05) is 0 Å². The van der Waals surface area contributed by atoms with Crippen LogP contribution >= 0.6 is 22.9 Å². The summed E-state index contributed by atoms with van der Waals surface area (Å²) in [6.07, 6.45) is 3.24. The number of benzene rings is 1. The summed E-state index contributed by atoms with van der Waals surface area (Å²) in [5.41, 5.74) is 0.389. The molecule has 0 bridgehead atoms. The van der Waals surface area contributed by atoms with Gasteiger partial charge in [-0.2, -0.15) is 5.26 Å². The quantitative estimate of drug-likeness (QED) is 0.693. The molecule has 142 valence electrons. The van der Waals surface area contributed by atoms with Gasteiger partial charge in [0.2, 0.25) is 5.91 Å². The molecule has 6 nitrogen and oxygen atoms in total. The molecule has 2 heterocycles. The van der Waals surface area contributed by atoms with Gasteiger partial charge in [-0.1, -0.05) is 23.7 Å². The normalized spacial score (nSPS) is 15.8. The van der Waals surface area contributed by atoms with E-state index in [1.165, 1.54) is 22.2 Å². The Morgan fingerprint density at radius 3 is 2.79 bits per heavy atom. The van der Waals surface area contributed by atoms with Crippen molar-refractivity contribution in [3.63, 3.8) is 0 Å². The van der Waals surface area contributed by atoms with Gasteiger partial charge in [0.25, 0.3) is 5.56 Å². The Labute approximate surface area is 170 Å². The SMILES string of the molecule is C[C@](C#N)(NC(=O)Cn1cnc2cc(-c3ccc(Cl)cc3)sc2c1=O)C1CC1. The van der Waals surface area contributed by atoms with E-state index in [0.29, 0.717) is 15.2 Å². The van der Waals surface area contributed by atoms with Crippen LogP contribution in [0.15, 0.2) is 41.5 Å². The van der Waals surface area contributed by atoms with E-state index in [0.717, 1.165) is 23.3 Å². The molecule has 0 spiro atoms. The Kier molecular flexibility index (Phi) is 4.69. The summed E-state index contributed by atoms with van der Waals surface area (Å²) in [6.45, 7) is 1.56. The number of fused-ring (bicyclic) bond motifs is 1. The van der Waals surface area contributed by atoms with E-state index in [1.807, 2.05) is 18.2 Å². The molecule has 1 aliphatic carbocycles. The number of aromatic nitrogens is 2. The average Bonchev–Trinajstić information content (AvgIpc) is 3.45. The molecule has 28 heavy (non-hydrogen) atoms. The van der Waals surface area contributed by atoms with Crippen LogP contribution < -0.4 is 10.9 Å². The Morgan fingerprint density at radius 1 is 1.43 bits per heavy atom. The highest BCUT2D eigenvalue weighted by Crippen LogP contribution is 2.39. The predicted octanol–water partition coefficient (Wildman–Crippen LogP) is 3.59. The number of amides is 1. The number of halogens is 1. The Balaban J connectivity index is 1.59. The fraction of sp³-hybridized carbons (Fsp3) is 0.300. The van der Waals surface area contributed by atoms with Crippen molar-refractivity contribution in [1.29, 1.82) is 5.26 Å². The van der Waals surface area contributed by atoms with E-state index in [-0.39, 0.29) is 23.9 Å². The smallest absolute Gasteiger partial charge is 0.271 e. The average molecular weight is 413 g/mol. The lowest BCUT2D eigenvalue weighted by molar-refractivity contribution is -0.123. The van der Waals surface area contributed by atoms with Crippen LogP contribution in [0.3, 0.4) is 0 Å². The number of rotatable bonds is 5. The molecule has 1 fully saturated rings. The largest absolute Gasteiger partial charge is 0.336 e. The van der Waals surface area contributed by atoms with E-state index in [2.05, 4.69) is 16.4 Å². The highest BCUT2D eigenvalue weighted by Gasteiger charge is 2.43. The first-order valence-corrected chi connectivity index (χ1v) is 10.1. The summed E-state index contributed by atoms with van der Waals surface area (Å²) in [5, 5.41) is 12.8. The molecular formula is C20H17ClN4O2S. The van der Waals surface area contributed by atoms with Crippen LogP contribution in [0, 0.1) is 17.2 Å². The van der Waals surface area contributed by atoms with Crippen molar-refractivity contribution in [1.82, 2.24) is 14.9 Å². The lowest BCUT2D eigenvalue weighted by atomic mass is 9.98. The highest BCUT2D eigenvalue weighted by atomic mass is 35.5. The van der Waals surface area contributed by atoms with Gasteiger partial charge in [0.15, 0.2) is 0 Å². The maximum absolute atomic E-state index is 12.8. The minimum Gasteiger partial charge on any atom is -0.336 e. The van der Waals surface area contributed by atoms with Crippen molar-refractivity contribution in [2.24, 2.45) is 5.92 Å². The Bertz CT molecular complexity index is 1160. The van der Waals surface area contributed by atoms with Crippen LogP contribution in [0.25, 0.3) is 20.7 Å². The van der Waals surface area contributed by atoms with Gasteiger partial charge in [-0.15, -0.1) is 11.3 Å². The van der Waals surface area contributed by atoms with E-state index in [4.69, 9.17) is 11.6 Å². The molecule has 1 N–H and O–H groups in total. The third-order valence-electron chi connectivity index (χ3n) is 4.97. The second-order valence-corrected chi connectivity index (χ2v) is 8.63. The number of hydrogen-bond acceptors (Lipinski definition) is 5. The predicted molar refractivity (Wildman–Crippen MR) is 109 cm³/mol. The molecule has 1 saturated carbocycles.